The summed E-state index contributed by atoms with van der Waals surface area (Å²) in [4.78, 5) is 2.45. The second-order valence-corrected chi connectivity index (χ2v) is 5.00. The van der Waals surface area contributed by atoms with E-state index in [0.29, 0.717) is 6.04 Å². The average Bonchev–Trinajstić information content (AvgIpc) is 2.00. The van der Waals surface area contributed by atoms with Crippen molar-refractivity contribution in [2.24, 2.45) is 5.92 Å². The van der Waals surface area contributed by atoms with Gasteiger partial charge in [0.2, 0.25) is 0 Å². The van der Waals surface area contributed by atoms with Gasteiger partial charge < -0.3 is 10.2 Å². The van der Waals surface area contributed by atoms with Gasteiger partial charge in [-0.25, -0.2) is 0 Å². The molecule has 1 fully saturated rings. The maximum Gasteiger partial charge on any atom is 0.0104 e. The smallest absolute Gasteiger partial charge is 0.0104 e. The van der Waals surface area contributed by atoms with Gasteiger partial charge in [-0.3, -0.25) is 0 Å². The predicted molar refractivity (Wildman–Crippen MR) is 62.6 cm³/mol. The summed E-state index contributed by atoms with van der Waals surface area (Å²) in [6.45, 7) is 8.00. The van der Waals surface area contributed by atoms with Crippen LogP contribution in [0.2, 0.25) is 0 Å². The van der Waals surface area contributed by atoms with Crippen LogP contribution in [-0.2, 0) is 0 Å². The molecule has 0 heterocycles. The van der Waals surface area contributed by atoms with Gasteiger partial charge in [-0.1, -0.05) is 33.1 Å². The zero-order chi connectivity index (χ0) is 10.4. The summed E-state index contributed by atoms with van der Waals surface area (Å²) in [5.41, 5.74) is 0. The van der Waals surface area contributed by atoms with Crippen molar-refractivity contribution >= 4 is 0 Å². The van der Waals surface area contributed by atoms with Gasteiger partial charge in [-0.05, 0) is 25.9 Å². The third-order valence-corrected chi connectivity index (χ3v) is 3.19. The molecule has 14 heavy (non-hydrogen) atoms. The number of rotatable bonds is 7. The first kappa shape index (κ1) is 12.0. The summed E-state index contributed by atoms with van der Waals surface area (Å²) < 4.78 is 0. The fourth-order valence-corrected chi connectivity index (χ4v) is 1.84. The van der Waals surface area contributed by atoms with Crippen LogP contribution in [0.15, 0.2) is 0 Å². The molecule has 0 radical (unpaired) electrons. The highest BCUT2D eigenvalue weighted by atomic mass is 15.1. The van der Waals surface area contributed by atoms with Gasteiger partial charge in [0.15, 0.2) is 0 Å². The van der Waals surface area contributed by atoms with Crippen LogP contribution in [0.3, 0.4) is 0 Å². The Labute approximate surface area is 89.1 Å². The average molecular weight is 198 g/mol. The first-order valence-corrected chi connectivity index (χ1v) is 6.10. The summed E-state index contributed by atoms with van der Waals surface area (Å²) in [6.07, 6.45) is 5.86. The van der Waals surface area contributed by atoms with E-state index in [1.54, 1.807) is 0 Å². The molecule has 0 bridgehead atoms. The molecule has 0 aromatic heterocycles. The van der Waals surface area contributed by atoms with Gasteiger partial charge >= 0.3 is 0 Å². The molecular formula is C12H26N2. The molecular weight excluding hydrogens is 172 g/mol. The Morgan fingerprint density at radius 2 is 2.00 bits per heavy atom. The first-order valence-electron chi connectivity index (χ1n) is 6.10. The van der Waals surface area contributed by atoms with Crippen molar-refractivity contribution in [2.75, 3.05) is 26.7 Å². The second kappa shape index (κ2) is 6.41. The quantitative estimate of drug-likeness (QED) is 0.674. The summed E-state index contributed by atoms with van der Waals surface area (Å²) in [7, 11) is 2.24. The first-order chi connectivity index (χ1) is 6.68. The molecule has 1 rings (SSSR count). The highest BCUT2D eigenvalue weighted by Gasteiger charge is 2.17. The van der Waals surface area contributed by atoms with E-state index in [2.05, 4.69) is 31.1 Å². The molecule has 1 saturated carbocycles. The van der Waals surface area contributed by atoms with Crippen molar-refractivity contribution in [1.29, 1.82) is 0 Å². The molecule has 0 unspecified atom stereocenters. The maximum atomic E-state index is 3.45. The SMILES string of the molecule is CC(C)NCCN(C)CCC1CCC1. The van der Waals surface area contributed by atoms with E-state index in [0.717, 1.165) is 12.5 Å². The normalized spacial score (nSPS) is 17.8. The number of nitrogens with zero attached hydrogens (tertiary/aromatic N) is 1. The van der Waals surface area contributed by atoms with E-state index in [1.807, 2.05) is 0 Å². The highest BCUT2D eigenvalue weighted by molar-refractivity contribution is 4.70. The minimum absolute atomic E-state index is 0.620. The van der Waals surface area contributed by atoms with Gasteiger partial charge in [0.05, 0.1) is 0 Å². The van der Waals surface area contributed by atoms with Crippen LogP contribution in [0.1, 0.15) is 39.5 Å². The van der Waals surface area contributed by atoms with Gasteiger partial charge in [0.1, 0.15) is 0 Å². The molecule has 0 aromatic rings. The Bertz CT molecular complexity index is 141. The largest absolute Gasteiger partial charge is 0.313 e. The second-order valence-electron chi connectivity index (χ2n) is 5.00. The lowest BCUT2D eigenvalue weighted by atomic mass is 9.83. The molecule has 0 spiro atoms. The van der Waals surface area contributed by atoms with E-state index in [9.17, 15) is 0 Å². The molecule has 1 aliphatic rings. The monoisotopic (exact) mass is 198 g/mol. The highest BCUT2D eigenvalue weighted by Crippen LogP contribution is 2.29. The van der Waals surface area contributed by atoms with E-state index < -0.39 is 0 Å². The van der Waals surface area contributed by atoms with E-state index >= 15 is 0 Å². The topological polar surface area (TPSA) is 15.3 Å². The Morgan fingerprint density at radius 3 is 2.50 bits per heavy atom. The molecule has 0 aliphatic heterocycles. The molecule has 0 amide bonds. The van der Waals surface area contributed by atoms with Crippen LogP contribution in [0.4, 0.5) is 0 Å². The van der Waals surface area contributed by atoms with Crippen molar-refractivity contribution in [1.82, 2.24) is 10.2 Å². The van der Waals surface area contributed by atoms with Crippen LogP contribution in [0.5, 0.6) is 0 Å². The molecule has 2 heteroatoms. The zero-order valence-corrected chi connectivity index (χ0v) is 10.1. The van der Waals surface area contributed by atoms with Crippen molar-refractivity contribution in [3.63, 3.8) is 0 Å². The van der Waals surface area contributed by atoms with Crippen molar-refractivity contribution in [2.45, 2.75) is 45.6 Å². The van der Waals surface area contributed by atoms with Crippen molar-refractivity contribution in [3.05, 3.63) is 0 Å². The minimum atomic E-state index is 0.620. The number of hydrogen-bond acceptors (Lipinski definition) is 2. The third-order valence-electron chi connectivity index (χ3n) is 3.19. The van der Waals surface area contributed by atoms with E-state index in [1.165, 1.54) is 38.8 Å². The fourth-order valence-electron chi connectivity index (χ4n) is 1.84. The van der Waals surface area contributed by atoms with Gasteiger partial charge in [-0.15, -0.1) is 0 Å². The Kier molecular flexibility index (Phi) is 5.49. The molecule has 0 atom stereocenters. The lowest BCUT2D eigenvalue weighted by molar-refractivity contribution is 0.238. The van der Waals surface area contributed by atoms with Gasteiger partial charge in [0.25, 0.3) is 0 Å². The molecule has 1 N–H and O–H groups in total. The predicted octanol–water partition coefficient (Wildman–Crippen LogP) is 2.11. The number of likely N-dealkylation sites (N-methyl/N-ethyl adjacent to an activating group) is 1. The molecule has 2 nitrogen and oxygen atoms in total. The zero-order valence-electron chi connectivity index (χ0n) is 10.1. The molecule has 0 aromatic carbocycles. The molecule has 0 saturated heterocycles. The Morgan fingerprint density at radius 1 is 1.29 bits per heavy atom. The maximum absolute atomic E-state index is 3.45. The van der Waals surface area contributed by atoms with Crippen LogP contribution in [-0.4, -0.2) is 37.6 Å². The van der Waals surface area contributed by atoms with E-state index in [-0.39, 0.29) is 0 Å². The standard InChI is InChI=1S/C12H26N2/c1-11(2)13-8-10-14(3)9-7-12-5-4-6-12/h11-13H,4-10H2,1-3H3. The van der Waals surface area contributed by atoms with Crippen LogP contribution in [0, 0.1) is 5.92 Å². The molecule has 84 valence electrons. The summed E-state index contributed by atoms with van der Waals surface area (Å²) in [5.74, 6) is 1.05. The number of hydrogen-bond donors (Lipinski definition) is 1. The van der Waals surface area contributed by atoms with E-state index in [4.69, 9.17) is 0 Å². The lowest BCUT2D eigenvalue weighted by Crippen LogP contribution is -2.34. The van der Waals surface area contributed by atoms with Crippen molar-refractivity contribution < 1.29 is 0 Å². The third kappa shape index (κ3) is 4.97. The van der Waals surface area contributed by atoms with Crippen molar-refractivity contribution in [3.8, 4) is 0 Å². The lowest BCUT2D eigenvalue weighted by Gasteiger charge is -2.27. The van der Waals surface area contributed by atoms with Gasteiger partial charge in [0, 0.05) is 19.1 Å². The molecule has 1 aliphatic carbocycles. The Hall–Kier alpha value is -0.0800. The summed E-state index contributed by atoms with van der Waals surface area (Å²) in [6, 6.07) is 0.620. The Balaban J connectivity index is 1.89. The van der Waals surface area contributed by atoms with Gasteiger partial charge in [-0.2, -0.15) is 0 Å². The summed E-state index contributed by atoms with van der Waals surface area (Å²) in [5, 5.41) is 3.45. The summed E-state index contributed by atoms with van der Waals surface area (Å²) >= 11 is 0. The fraction of sp³-hybridized carbons (Fsp3) is 1.00. The van der Waals surface area contributed by atoms with Crippen LogP contribution in [0.25, 0.3) is 0 Å². The van der Waals surface area contributed by atoms with Crippen LogP contribution >= 0.6 is 0 Å². The van der Waals surface area contributed by atoms with Crippen LogP contribution < -0.4 is 5.32 Å². The number of nitrogens with one attached hydrogen (secondary N) is 1. The minimum Gasteiger partial charge on any atom is -0.313 e.